The molecule has 4 nitrogen and oxygen atoms in total. The Morgan fingerprint density at radius 1 is 1.35 bits per heavy atom. The van der Waals surface area contributed by atoms with Gasteiger partial charge >= 0.3 is 0 Å². The van der Waals surface area contributed by atoms with Gasteiger partial charge in [0.25, 0.3) is 0 Å². The fraction of sp³-hybridized carbons (Fsp3) is 1.00. The summed E-state index contributed by atoms with van der Waals surface area (Å²) in [5.41, 5.74) is 0. The zero-order valence-corrected chi connectivity index (χ0v) is 12.2. The predicted octanol–water partition coefficient (Wildman–Crippen LogP) is 1.19. The Balaban J connectivity index is 2.14. The molecule has 0 aromatic carbocycles. The van der Waals surface area contributed by atoms with Crippen molar-refractivity contribution in [2.45, 2.75) is 37.9 Å². The van der Waals surface area contributed by atoms with E-state index in [1.54, 1.807) is 0 Å². The van der Waals surface area contributed by atoms with E-state index in [2.05, 4.69) is 10.0 Å². The van der Waals surface area contributed by atoms with Gasteiger partial charge in [0, 0.05) is 11.8 Å². The number of hydrogen-bond donors (Lipinski definition) is 2. The maximum absolute atomic E-state index is 11.7. The first-order valence-electron chi connectivity index (χ1n) is 6.43. The van der Waals surface area contributed by atoms with Crippen LogP contribution in [0.1, 0.15) is 32.6 Å². The second-order valence-electron chi connectivity index (χ2n) is 4.36. The summed E-state index contributed by atoms with van der Waals surface area (Å²) < 4.78 is 26.1. The van der Waals surface area contributed by atoms with Crippen molar-refractivity contribution in [1.29, 1.82) is 0 Å². The molecule has 1 saturated heterocycles. The van der Waals surface area contributed by atoms with Gasteiger partial charge in [0.1, 0.15) is 0 Å². The van der Waals surface area contributed by atoms with Crippen LogP contribution in [0.3, 0.4) is 0 Å². The summed E-state index contributed by atoms with van der Waals surface area (Å²) >= 11 is 1.90. The number of rotatable bonds is 8. The van der Waals surface area contributed by atoms with Gasteiger partial charge in [-0.05, 0) is 38.1 Å². The highest BCUT2D eigenvalue weighted by Crippen LogP contribution is 2.24. The third-order valence-electron chi connectivity index (χ3n) is 2.82. The molecule has 1 fully saturated rings. The van der Waals surface area contributed by atoms with Crippen molar-refractivity contribution >= 4 is 21.8 Å². The van der Waals surface area contributed by atoms with Gasteiger partial charge in [-0.2, -0.15) is 11.8 Å². The Hall–Kier alpha value is 0.220. The molecule has 6 heteroatoms. The van der Waals surface area contributed by atoms with E-state index in [-0.39, 0.29) is 5.75 Å². The molecule has 102 valence electrons. The molecule has 0 bridgehead atoms. The van der Waals surface area contributed by atoms with Crippen molar-refractivity contribution < 1.29 is 8.42 Å². The molecule has 0 aromatic heterocycles. The van der Waals surface area contributed by atoms with Crippen molar-refractivity contribution in [1.82, 2.24) is 10.0 Å². The van der Waals surface area contributed by atoms with Crippen LogP contribution < -0.4 is 10.0 Å². The standard InChI is InChI=1S/C11H24N2O2S2/c1-2-12-7-5-9-17(14,15)13-10-11-6-3-4-8-16-11/h11-13H,2-10H2,1H3. The Labute approximate surface area is 109 Å². The van der Waals surface area contributed by atoms with Crippen molar-refractivity contribution in [3.63, 3.8) is 0 Å². The molecule has 1 heterocycles. The molecule has 0 amide bonds. The fourth-order valence-electron chi connectivity index (χ4n) is 1.82. The third-order valence-corrected chi connectivity index (χ3v) is 5.65. The minimum absolute atomic E-state index is 0.234. The molecule has 1 aliphatic rings. The van der Waals surface area contributed by atoms with Crippen LogP contribution in [-0.4, -0.2) is 44.8 Å². The van der Waals surface area contributed by atoms with E-state index in [1.807, 2.05) is 18.7 Å². The molecule has 0 saturated carbocycles. The summed E-state index contributed by atoms with van der Waals surface area (Å²) in [6, 6.07) is 0. The van der Waals surface area contributed by atoms with E-state index >= 15 is 0 Å². The van der Waals surface area contributed by atoms with Gasteiger partial charge in [0.15, 0.2) is 0 Å². The van der Waals surface area contributed by atoms with E-state index in [0.717, 1.165) is 19.5 Å². The average Bonchev–Trinajstić information content (AvgIpc) is 2.34. The molecule has 0 aliphatic carbocycles. The number of hydrogen-bond acceptors (Lipinski definition) is 4. The van der Waals surface area contributed by atoms with E-state index in [9.17, 15) is 8.42 Å². The summed E-state index contributed by atoms with van der Waals surface area (Å²) in [6.07, 6.45) is 4.34. The molecule has 0 spiro atoms. The van der Waals surface area contributed by atoms with Crippen LogP contribution in [0, 0.1) is 0 Å². The normalized spacial score (nSPS) is 21.6. The van der Waals surface area contributed by atoms with Gasteiger partial charge in [-0.1, -0.05) is 13.3 Å². The monoisotopic (exact) mass is 280 g/mol. The fourth-order valence-corrected chi connectivity index (χ4v) is 4.29. The van der Waals surface area contributed by atoms with E-state index in [0.29, 0.717) is 18.2 Å². The third kappa shape index (κ3) is 7.28. The van der Waals surface area contributed by atoms with Crippen LogP contribution in [0.15, 0.2) is 0 Å². The number of nitrogens with one attached hydrogen (secondary N) is 2. The maximum Gasteiger partial charge on any atom is 0.211 e. The van der Waals surface area contributed by atoms with Crippen molar-refractivity contribution in [3.05, 3.63) is 0 Å². The molecule has 1 aliphatic heterocycles. The first-order chi connectivity index (χ1) is 8.14. The topological polar surface area (TPSA) is 58.2 Å². The Kier molecular flexibility index (Phi) is 7.50. The van der Waals surface area contributed by atoms with Gasteiger partial charge in [-0.25, -0.2) is 13.1 Å². The molecular formula is C11H24N2O2S2. The van der Waals surface area contributed by atoms with Gasteiger partial charge in [-0.15, -0.1) is 0 Å². The zero-order valence-electron chi connectivity index (χ0n) is 10.6. The summed E-state index contributed by atoms with van der Waals surface area (Å²) in [6.45, 7) is 4.29. The van der Waals surface area contributed by atoms with Gasteiger partial charge in [0.2, 0.25) is 10.0 Å². The average molecular weight is 280 g/mol. The van der Waals surface area contributed by atoms with Gasteiger partial charge < -0.3 is 5.32 Å². The van der Waals surface area contributed by atoms with Gasteiger partial charge in [0.05, 0.1) is 5.75 Å². The molecular weight excluding hydrogens is 256 g/mol. The van der Waals surface area contributed by atoms with Crippen LogP contribution in [0.2, 0.25) is 0 Å². The summed E-state index contributed by atoms with van der Waals surface area (Å²) in [5, 5.41) is 3.61. The lowest BCUT2D eigenvalue weighted by Gasteiger charge is -2.21. The molecule has 17 heavy (non-hydrogen) atoms. The van der Waals surface area contributed by atoms with Gasteiger partial charge in [-0.3, -0.25) is 0 Å². The Morgan fingerprint density at radius 3 is 2.82 bits per heavy atom. The summed E-state index contributed by atoms with van der Waals surface area (Å²) in [4.78, 5) is 0. The highest BCUT2D eigenvalue weighted by Gasteiger charge is 2.17. The molecule has 1 rings (SSSR count). The minimum atomic E-state index is -3.06. The van der Waals surface area contributed by atoms with Crippen LogP contribution in [0.4, 0.5) is 0 Å². The lowest BCUT2D eigenvalue weighted by Crippen LogP contribution is -2.34. The Bertz CT molecular complexity index is 288. The molecule has 0 radical (unpaired) electrons. The summed E-state index contributed by atoms with van der Waals surface area (Å²) in [5.74, 6) is 1.41. The first-order valence-corrected chi connectivity index (χ1v) is 9.14. The highest BCUT2D eigenvalue weighted by molar-refractivity contribution is 8.00. The van der Waals surface area contributed by atoms with Crippen molar-refractivity contribution in [2.75, 3.05) is 31.1 Å². The van der Waals surface area contributed by atoms with E-state index < -0.39 is 10.0 Å². The zero-order chi connectivity index (χ0) is 12.6. The van der Waals surface area contributed by atoms with E-state index in [4.69, 9.17) is 0 Å². The lowest BCUT2D eigenvalue weighted by atomic mass is 10.2. The van der Waals surface area contributed by atoms with Crippen molar-refractivity contribution in [2.24, 2.45) is 0 Å². The lowest BCUT2D eigenvalue weighted by molar-refractivity contribution is 0.569. The number of sulfonamides is 1. The first kappa shape index (κ1) is 15.3. The van der Waals surface area contributed by atoms with Crippen LogP contribution in [-0.2, 0) is 10.0 Å². The Morgan fingerprint density at radius 2 is 2.18 bits per heavy atom. The number of thioether (sulfide) groups is 1. The smallest absolute Gasteiger partial charge is 0.211 e. The SMILES string of the molecule is CCNCCCS(=O)(=O)NCC1CCCCS1. The second kappa shape index (κ2) is 8.34. The van der Waals surface area contributed by atoms with E-state index in [1.165, 1.54) is 18.6 Å². The minimum Gasteiger partial charge on any atom is -0.317 e. The quantitative estimate of drug-likeness (QED) is 0.656. The van der Waals surface area contributed by atoms with Crippen molar-refractivity contribution in [3.8, 4) is 0 Å². The predicted molar refractivity (Wildman–Crippen MR) is 75.0 cm³/mol. The molecule has 1 atom stereocenters. The summed E-state index contributed by atoms with van der Waals surface area (Å²) in [7, 11) is -3.06. The second-order valence-corrected chi connectivity index (χ2v) is 7.70. The molecule has 2 N–H and O–H groups in total. The van der Waals surface area contributed by atoms with Crippen LogP contribution in [0.25, 0.3) is 0 Å². The highest BCUT2D eigenvalue weighted by atomic mass is 32.2. The van der Waals surface area contributed by atoms with Crippen LogP contribution >= 0.6 is 11.8 Å². The molecule has 0 aromatic rings. The maximum atomic E-state index is 11.7. The largest absolute Gasteiger partial charge is 0.317 e. The van der Waals surface area contributed by atoms with Crippen LogP contribution in [0.5, 0.6) is 0 Å². The molecule has 1 unspecified atom stereocenters.